The molecule has 1 heterocycles. The number of allylic oxidation sites excluding steroid dienone is 1. The second kappa shape index (κ2) is 23.6. The zero-order valence-electron chi connectivity index (χ0n) is 29.4. The second-order valence-electron chi connectivity index (χ2n) is 13.0. The van der Waals surface area contributed by atoms with Gasteiger partial charge in [0.2, 0.25) is 5.91 Å². The van der Waals surface area contributed by atoms with Crippen LogP contribution < -0.4 is 15.4 Å². The van der Waals surface area contributed by atoms with Crippen molar-refractivity contribution in [1.82, 2.24) is 15.5 Å². The number of carboxylic acid groups (broad SMARTS) is 3. The molecule has 1 amide bonds. The molecule has 1 aliphatic heterocycles. The van der Waals surface area contributed by atoms with E-state index < -0.39 is 47.8 Å². The van der Waals surface area contributed by atoms with Crippen molar-refractivity contribution in [3.05, 3.63) is 42.0 Å². The van der Waals surface area contributed by atoms with Crippen molar-refractivity contribution in [2.75, 3.05) is 39.3 Å². The molecule has 0 spiro atoms. The molecule has 1 aliphatic rings. The van der Waals surface area contributed by atoms with E-state index in [1.54, 1.807) is 24.3 Å². The molecule has 1 aromatic rings. The lowest BCUT2D eigenvalue weighted by molar-refractivity contribution is -0.172. The third kappa shape index (κ3) is 16.3. The average Bonchev–Trinajstić information content (AvgIpc) is 3.07. The molecule has 280 valence electrons. The first kappa shape index (κ1) is 42.4. The zero-order valence-corrected chi connectivity index (χ0v) is 29.4. The Morgan fingerprint density at radius 3 is 2.12 bits per heavy atom. The molecule has 0 aromatic heterocycles. The van der Waals surface area contributed by atoms with Gasteiger partial charge >= 0.3 is 17.9 Å². The van der Waals surface area contributed by atoms with Gasteiger partial charge in [0, 0.05) is 52.0 Å². The van der Waals surface area contributed by atoms with Crippen LogP contribution in [0.3, 0.4) is 0 Å². The first-order chi connectivity index (χ1) is 24.0. The van der Waals surface area contributed by atoms with Crippen molar-refractivity contribution < 1.29 is 49.1 Å². The molecule has 0 unspecified atom stereocenters. The number of carbonyl (C=O) groups excluding carboxylic acids is 2. The smallest absolute Gasteiger partial charge is 0.337 e. The molecule has 0 bridgehead atoms. The highest BCUT2D eigenvalue weighted by molar-refractivity contribution is 5.94. The van der Waals surface area contributed by atoms with Crippen LogP contribution in [0.15, 0.2) is 36.4 Å². The summed E-state index contributed by atoms with van der Waals surface area (Å²) in [6.45, 7) is 7.19. The molecule has 3 atom stereocenters. The van der Waals surface area contributed by atoms with E-state index in [0.717, 1.165) is 83.7 Å². The lowest BCUT2D eigenvalue weighted by Crippen LogP contribution is -2.55. The maximum atomic E-state index is 13.4. The van der Waals surface area contributed by atoms with Crippen LogP contribution in [0.4, 0.5) is 0 Å². The minimum atomic E-state index is -3.02. The molecule has 0 aliphatic carbocycles. The number of rotatable bonds is 27. The van der Waals surface area contributed by atoms with Crippen LogP contribution in [0.5, 0.6) is 5.75 Å². The van der Waals surface area contributed by atoms with E-state index in [4.69, 9.17) is 4.74 Å². The summed E-state index contributed by atoms with van der Waals surface area (Å²) in [5.41, 5.74) is -2.46. The maximum absolute atomic E-state index is 13.4. The summed E-state index contributed by atoms with van der Waals surface area (Å²) in [7, 11) is 0. The fourth-order valence-electron chi connectivity index (χ4n) is 5.88. The number of nitrogens with one attached hydrogen (secondary N) is 2. The predicted octanol–water partition coefficient (Wildman–Crippen LogP) is 3.82. The lowest BCUT2D eigenvalue weighted by atomic mass is 9.82. The number of aliphatic carboxylic acids is 3. The van der Waals surface area contributed by atoms with Gasteiger partial charge in [0.25, 0.3) is 0 Å². The Balaban J connectivity index is 1.95. The number of ketones is 1. The minimum absolute atomic E-state index is 0.148. The molecule has 2 rings (SSSR count). The number of Topliss-reactive ketones (excluding diaryl/α,β-unsaturated/α-hetero) is 1. The first-order valence-corrected chi connectivity index (χ1v) is 18.0. The molecular formula is C37H57N3O10. The number of hydrogen-bond donors (Lipinski definition) is 6. The third-order valence-corrected chi connectivity index (χ3v) is 8.92. The van der Waals surface area contributed by atoms with Crippen molar-refractivity contribution in [3.63, 3.8) is 0 Å². The van der Waals surface area contributed by atoms with E-state index in [9.17, 15) is 44.4 Å². The first-order valence-electron chi connectivity index (χ1n) is 18.0. The summed E-state index contributed by atoms with van der Waals surface area (Å²) in [5.74, 6) is -7.07. The Hall–Kier alpha value is -3.81. The summed E-state index contributed by atoms with van der Waals surface area (Å²) in [5, 5.41) is 45.6. The molecular weight excluding hydrogens is 646 g/mol. The third-order valence-electron chi connectivity index (χ3n) is 8.92. The van der Waals surface area contributed by atoms with Crippen molar-refractivity contribution in [2.45, 2.75) is 108 Å². The number of ether oxygens (including phenoxy) is 1. The fourth-order valence-corrected chi connectivity index (χ4v) is 5.88. The molecule has 1 saturated heterocycles. The molecule has 50 heavy (non-hydrogen) atoms. The van der Waals surface area contributed by atoms with Gasteiger partial charge in [-0.2, -0.15) is 0 Å². The van der Waals surface area contributed by atoms with Gasteiger partial charge in [-0.1, -0.05) is 69.7 Å². The predicted molar refractivity (Wildman–Crippen MR) is 188 cm³/mol. The van der Waals surface area contributed by atoms with Gasteiger partial charge in [-0.15, -0.1) is 0 Å². The van der Waals surface area contributed by atoms with Crippen molar-refractivity contribution in [1.29, 1.82) is 0 Å². The number of carboxylic acids is 3. The van der Waals surface area contributed by atoms with E-state index in [-0.39, 0.29) is 12.2 Å². The monoisotopic (exact) mass is 703 g/mol. The van der Waals surface area contributed by atoms with Crippen LogP contribution >= 0.6 is 0 Å². The van der Waals surface area contributed by atoms with E-state index in [1.165, 1.54) is 12.5 Å². The van der Waals surface area contributed by atoms with E-state index in [1.807, 2.05) is 0 Å². The van der Waals surface area contributed by atoms with Crippen LogP contribution in [-0.4, -0.2) is 106 Å². The quantitative estimate of drug-likeness (QED) is 0.0572. The molecule has 0 saturated carbocycles. The molecule has 0 radical (unpaired) electrons. The average molecular weight is 704 g/mol. The number of aliphatic hydroxyl groups is 1. The van der Waals surface area contributed by atoms with Gasteiger partial charge in [0.1, 0.15) is 24.2 Å². The molecule has 13 nitrogen and oxygen atoms in total. The highest BCUT2D eigenvalue weighted by Gasteiger charge is 2.49. The van der Waals surface area contributed by atoms with Crippen molar-refractivity contribution in [2.24, 2.45) is 5.92 Å². The number of hydrogen-bond acceptors (Lipinski definition) is 9. The minimum Gasteiger partial charge on any atom is -0.492 e. The summed E-state index contributed by atoms with van der Waals surface area (Å²) >= 11 is 0. The number of nitrogens with zero attached hydrogens (tertiary/aromatic N) is 1. The summed E-state index contributed by atoms with van der Waals surface area (Å²) in [6.07, 6.45) is 11.3. The summed E-state index contributed by atoms with van der Waals surface area (Å²) in [6, 6.07) is 5.25. The number of amides is 1. The normalized spacial score (nSPS) is 16.0. The molecule has 1 fully saturated rings. The summed E-state index contributed by atoms with van der Waals surface area (Å²) < 4.78 is 5.81. The van der Waals surface area contributed by atoms with Gasteiger partial charge in [0.05, 0.1) is 12.3 Å². The second-order valence-corrected chi connectivity index (χ2v) is 13.0. The van der Waals surface area contributed by atoms with E-state index in [2.05, 4.69) is 22.5 Å². The largest absolute Gasteiger partial charge is 0.492 e. The lowest BCUT2D eigenvalue weighted by Gasteiger charge is -2.29. The van der Waals surface area contributed by atoms with Crippen LogP contribution in [0, 0.1) is 5.92 Å². The van der Waals surface area contributed by atoms with E-state index >= 15 is 0 Å². The fraction of sp³-hybridized carbons (Fsp3) is 0.649. The number of carbonyl (C=O) groups is 5. The van der Waals surface area contributed by atoms with Crippen molar-refractivity contribution >= 4 is 29.6 Å². The Kier molecular flexibility index (Phi) is 20.0. The zero-order chi connectivity index (χ0) is 36.8. The van der Waals surface area contributed by atoms with Gasteiger partial charge in [-0.3, -0.25) is 19.3 Å². The van der Waals surface area contributed by atoms with Crippen LogP contribution in [-0.2, 0) is 30.4 Å². The SMILES string of the molecule is CCCCCCCC(=O)CCCCCC/C=C/[C@H](C(=O)N[C@@H](Cc1ccc(OCCN2CCNCC2)cc1)C(=O)O)[C@@](O)(CC(=O)O)C(=O)O. The summed E-state index contributed by atoms with van der Waals surface area (Å²) in [4.78, 5) is 63.5. The number of piperazine rings is 1. The number of unbranched alkanes of at least 4 members (excludes halogenated alkanes) is 8. The van der Waals surface area contributed by atoms with Crippen LogP contribution in [0.2, 0.25) is 0 Å². The Labute approximate surface area is 295 Å². The standard InChI is InChI=1S/C37H57N3O10/c1-2-3-4-7-10-13-29(41)14-11-8-5-6-9-12-15-31(37(49,36(47)48)27-33(42)43)34(44)39-32(35(45)46)26-28-16-18-30(19-17-28)50-25-24-40-22-20-38-21-23-40/h12,15-19,31-32,38,49H,2-11,13-14,20-27H2,1H3,(H,39,44)(H,42,43)(H,45,46)(H,47,48)/b15-12+/t31-,32+,37+/m1/s1. The van der Waals surface area contributed by atoms with Crippen molar-refractivity contribution in [3.8, 4) is 5.75 Å². The topological polar surface area (TPSA) is 203 Å². The molecule has 6 N–H and O–H groups in total. The van der Waals surface area contributed by atoms with Gasteiger partial charge in [-0.05, 0) is 43.4 Å². The maximum Gasteiger partial charge on any atom is 0.337 e. The highest BCUT2D eigenvalue weighted by atomic mass is 16.5. The Bertz CT molecular complexity index is 1230. The Morgan fingerprint density at radius 1 is 0.920 bits per heavy atom. The molecule has 1 aromatic carbocycles. The van der Waals surface area contributed by atoms with Crippen LogP contribution in [0.25, 0.3) is 0 Å². The van der Waals surface area contributed by atoms with Crippen LogP contribution in [0.1, 0.15) is 96.0 Å². The number of benzene rings is 1. The van der Waals surface area contributed by atoms with Gasteiger partial charge < -0.3 is 35.8 Å². The van der Waals surface area contributed by atoms with Gasteiger partial charge in [0.15, 0.2) is 5.60 Å². The molecule has 13 heteroatoms. The Morgan fingerprint density at radius 2 is 1.54 bits per heavy atom. The highest BCUT2D eigenvalue weighted by Crippen LogP contribution is 2.26. The van der Waals surface area contributed by atoms with Gasteiger partial charge in [-0.25, -0.2) is 9.59 Å². The van der Waals surface area contributed by atoms with E-state index in [0.29, 0.717) is 43.6 Å².